The van der Waals surface area contributed by atoms with Gasteiger partial charge in [0.25, 0.3) is 5.91 Å². The number of thioether (sulfide) groups is 1. The predicted octanol–water partition coefficient (Wildman–Crippen LogP) is 4.86. The van der Waals surface area contributed by atoms with E-state index in [0.717, 1.165) is 15.9 Å². The third-order valence-corrected chi connectivity index (χ3v) is 4.60. The van der Waals surface area contributed by atoms with Crippen molar-refractivity contribution in [3.8, 4) is 11.5 Å². The van der Waals surface area contributed by atoms with E-state index in [-0.39, 0.29) is 5.91 Å². The molecule has 0 spiro atoms. The number of hydrogen-bond donors (Lipinski definition) is 1. The number of benzene rings is 1. The Morgan fingerprint density at radius 2 is 2.00 bits per heavy atom. The van der Waals surface area contributed by atoms with Gasteiger partial charge < -0.3 is 9.73 Å². The molecule has 0 radical (unpaired) electrons. The number of amides is 1. The maximum absolute atomic E-state index is 12.9. The average Bonchev–Trinajstić information content (AvgIpc) is 3.22. The Kier molecular flexibility index (Phi) is 4.41. The summed E-state index contributed by atoms with van der Waals surface area (Å²) in [6.07, 6.45) is 5.20. The van der Waals surface area contributed by atoms with Crippen LogP contribution in [-0.4, -0.2) is 22.1 Å². The van der Waals surface area contributed by atoms with Crippen LogP contribution in [0, 0.1) is 0 Å². The van der Waals surface area contributed by atoms with Crippen molar-refractivity contribution in [3.63, 3.8) is 0 Å². The summed E-state index contributed by atoms with van der Waals surface area (Å²) >= 11 is 1.55. The van der Waals surface area contributed by atoms with Gasteiger partial charge in [0.2, 0.25) is 0 Å². The van der Waals surface area contributed by atoms with Crippen LogP contribution in [0.5, 0.6) is 0 Å². The first-order valence-electron chi connectivity index (χ1n) is 7.99. The van der Waals surface area contributed by atoms with Gasteiger partial charge in [-0.15, -0.1) is 11.8 Å². The fourth-order valence-corrected chi connectivity index (χ4v) is 3.05. The SMILES string of the molecule is CSc1ccc(NC(=O)c2cc(-c3ccco3)nc3ccccc23)cn1. The lowest BCUT2D eigenvalue weighted by atomic mass is 10.1. The maximum atomic E-state index is 12.9. The van der Waals surface area contributed by atoms with Crippen LogP contribution in [0.3, 0.4) is 0 Å². The Balaban J connectivity index is 1.75. The third-order valence-electron chi connectivity index (χ3n) is 3.94. The standard InChI is InChI=1S/C20H15N3O2S/c1-26-19-9-8-13(12-21-19)22-20(24)15-11-17(18-7-4-10-25-18)23-16-6-3-2-5-14(15)16/h2-12H,1H3,(H,22,24). The van der Waals surface area contributed by atoms with E-state index in [2.05, 4.69) is 15.3 Å². The van der Waals surface area contributed by atoms with Gasteiger partial charge in [-0.3, -0.25) is 4.79 Å². The summed E-state index contributed by atoms with van der Waals surface area (Å²) < 4.78 is 5.44. The quantitative estimate of drug-likeness (QED) is 0.526. The first-order valence-corrected chi connectivity index (χ1v) is 9.22. The maximum Gasteiger partial charge on any atom is 0.256 e. The summed E-state index contributed by atoms with van der Waals surface area (Å²) in [5.74, 6) is 0.408. The second-order valence-electron chi connectivity index (χ2n) is 5.59. The lowest BCUT2D eigenvalue weighted by Gasteiger charge is -2.10. The largest absolute Gasteiger partial charge is 0.463 e. The summed E-state index contributed by atoms with van der Waals surface area (Å²) in [5, 5.41) is 4.59. The number of carbonyl (C=O) groups is 1. The molecule has 0 saturated carbocycles. The van der Waals surface area contributed by atoms with Crippen molar-refractivity contribution in [1.29, 1.82) is 0 Å². The van der Waals surface area contributed by atoms with E-state index in [9.17, 15) is 4.79 Å². The number of rotatable bonds is 4. The third kappa shape index (κ3) is 3.19. The molecule has 5 nitrogen and oxygen atoms in total. The van der Waals surface area contributed by atoms with Gasteiger partial charge in [-0.1, -0.05) is 18.2 Å². The van der Waals surface area contributed by atoms with E-state index in [1.54, 1.807) is 36.4 Å². The molecule has 1 N–H and O–H groups in total. The van der Waals surface area contributed by atoms with Gasteiger partial charge in [0.15, 0.2) is 5.76 Å². The normalized spacial score (nSPS) is 10.8. The number of aromatic nitrogens is 2. The zero-order chi connectivity index (χ0) is 17.9. The fourth-order valence-electron chi connectivity index (χ4n) is 2.69. The molecule has 6 heteroatoms. The Hall–Kier alpha value is -3.12. The van der Waals surface area contributed by atoms with Gasteiger partial charge in [0.05, 0.1) is 34.3 Å². The zero-order valence-electron chi connectivity index (χ0n) is 14.0. The minimum atomic E-state index is -0.213. The van der Waals surface area contributed by atoms with Crippen LogP contribution in [-0.2, 0) is 0 Å². The molecule has 0 aliphatic rings. The molecule has 128 valence electrons. The molecule has 0 aliphatic carbocycles. The highest BCUT2D eigenvalue weighted by Gasteiger charge is 2.15. The van der Waals surface area contributed by atoms with E-state index in [1.807, 2.05) is 48.7 Å². The van der Waals surface area contributed by atoms with Crippen LogP contribution < -0.4 is 5.32 Å². The second-order valence-corrected chi connectivity index (χ2v) is 6.42. The van der Waals surface area contributed by atoms with Crippen LogP contribution >= 0.6 is 11.8 Å². The van der Waals surface area contributed by atoms with E-state index in [1.165, 1.54) is 0 Å². The molecular formula is C20H15N3O2S. The molecule has 0 atom stereocenters. The highest BCUT2D eigenvalue weighted by molar-refractivity contribution is 7.98. The van der Waals surface area contributed by atoms with Gasteiger partial charge in [-0.05, 0) is 42.7 Å². The number of fused-ring (bicyclic) bond motifs is 1. The topological polar surface area (TPSA) is 68.0 Å². The lowest BCUT2D eigenvalue weighted by molar-refractivity contribution is 0.102. The van der Waals surface area contributed by atoms with E-state index in [0.29, 0.717) is 22.7 Å². The smallest absolute Gasteiger partial charge is 0.256 e. The number of para-hydroxylation sites is 1. The molecule has 3 aromatic heterocycles. The molecule has 0 saturated heterocycles. The number of hydrogen-bond acceptors (Lipinski definition) is 5. The number of nitrogens with zero attached hydrogens (tertiary/aromatic N) is 2. The fraction of sp³-hybridized carbons (Fsp3) is 0.0500. The van der Waals surface area contributed by atoms with Crippen molar-refractivity contribution in [1.82, 2.24) is 9.97 Å². The molecule has 3 heterocycles. The number of carbonyl (C=O) groups excluding carboxylic acids is 1. The molecule has 4 aromatic rings. The predicted molar refractivity (Wildman–Crippen MR) is 103 cm³/mol. The van der Waals surface area contributed by atoms with Crippen LogP contribution in [0.15, 0.2) is 76.5 Å². The van der Waals surface area contributed by atoms with Gasteiger partial charge in [-0.2, -0.15) is 0 Å². The minimum absolute atomic E-state index is 0.213. The molecule has 0 fully saturated rings. The van der Waals surface area contributed by atoms with Crippen LogP contribution in [0.1, 0.15) is 10.4 Å². The van der Waals surface area contributed by atoms with Crippen LogP contribution in [0.4, 0.5) is 5.69 Å². The summed E-state index contributed by atoms with van der Waals surface area (Å²) in [7, 11) is 0. The van der Waals surface area contributed by atoms with Gasteiger partial charge in [0, 0.05) is 5.39 Å². The van der Waals surface area contributed by atoms with Gasteiger partial charge in [0.1, 0.15) is 5.69 Å². The Labute approximate surface area is 154 Å². The molecule has 26 heavy (non-hydrogen) atoms. The van der Waals surface area contributed by atoms with Crippen molar-refractivity contribution in [2.75, 3.05) is 11.6 Å². The van der Waals surface area contributed by atoms with Crippen LogP contribution in [0.2, 0.25) is 0 Å². The molecule has 0 aliphatic heterocycles. The number of pyridine rings is 2. The highest BCUT2D eigenvalue weighted by Crippen LogP contribution is 2.26. The Bertz CT molecular complexity index is 1060. The van der Waals surface area contributed by atoms with E-state index in [4.69, 9.17) is 4.42 Å². The van der Waals surface area contributed by atoms with Crippen molar-refractivity contribution in [2.24, 2.45) is 0 Å². The molecule has 1 aromatic carbocycles. The van der Waals surface area contributed by atoms with Crippen LogP contribution in [0.25, 0.3) is 22.4 Å². The Morgan fingerprint density at radius 3 is 2.73 bits per heavy atom. The minimum Gasteiger partial charge on any atom is -0.463 e. The highest BCUT2D eigenvalue weighted by atomic mass is 32.2. The van der Waals surface area contributed by atoms with Crippen molar-refractivity contribution >= 4 is 34.3 Å². The van der Waals surface area contributed by atoms with Crippen molar-refractivity contribution in [2.45, 2.75) is 5.03 Å². The van der Waals surface area contributed by atoms with Crippen molar-refractivity contribution < 1.29 is 9.21 Å². The van der Waals surface area contributed by atoms with Gasteiger partial charge in [-0.25, -0.2) is 9.97 Å². The number of anilines is 1. The molecular weight excluding hydrogens is 346 g/mol. The van der Waals surface area contributed by atoms with E-state index < -0.39 is 0 Å². The first-order chi connectivity index (χ1) is 12.7. The monoisotopic (exact) mass is 361 g/mol. The molecule has 4 rings (SSSR count). The average molecular weight is 361 g/mol. The molecule has 0 bridgehead atoms. The van der Waals surface area contributed by atoms with Gasteiger partial charge >= 0.3 is 0 Å². The van der Waals surface area contributed by atoms with E-state index >= 15 is 0 Å². The molecule has 1 amide bonds. The summed E-state index contributed by atoms with van der Waals surface area (Å²) in [4.78, 5) is 21.8. The zero-order valence-corrected chi connectivity index (χ0v) is 14.8. The Morgan fingerprint density at radius 1 is 1.12 bits per heavy atom. The lowest BCUT2D eigenvalue weighted by Crippen LogP contribution is -2.13. The summed E-state index contributed by atoms with van der Waals surface area (Å²) in [6, 6.07) is 16.6. The number of nitrogens with one attached hydrogen (secondary N) is 1. The van der Waals surface area contributed by atoms with Crippen molar-refractivity contribution in [3.05, 3.63) is 72.6 Å². The first kappa shape index (κ1) is 16.4. The number of furan rings is 1. The second kappa shape index (κ2) is 7.01. The molecule has 0 unspecified atom stereocenters. The summed E-state index contributed by atoms with van der Waals surface area (Å²) in [5.41, 5.74) is 2.54. The summed E-state index contributed by atoms with van der Waals surface area (Å²) in [6.45, 7) is 0.